The fraction of sp³-hybridized carbons (Fsp3) is 0.917. The van der Waals surface area contributed by atoms with Crippen LogP contribution in [0.4, 0.5) is 0 Å². The Labute approximate surface area is 98.5 Å². The number of hydrogen-bond donors (Lipinski definition) is 1. The summed E-state index contributed by atoms with van der Waals surface area (Å²) < 4.78 is 10.5. The SMILES string of the molecule is CCCCOCCC(N)C(=O)OC(C)(C)C. The lowest BCUT2D eigenvalue weighted by molar-refractivity contribution is -0.156. The third kappa shape index (κ3) is 8.68. The summed E-state index contributed by atoms with van der Waals surface area (Å²) in [4.78, 5) is 11.5. The molecule has 0 aromatic rings. The lowest BCUT2D eigenvalue weighted by atomic mass is 10.2. The van der Waals surface area contributed by atoms with Gasteiger partial charge >= 0.3 is 5.97 Å². The van der Waals surface area contributed by atoms with Crippen LogP contribution in [-0.2, 0) is 14.3 Å². The molecule has 0 radical (unpaired) electrons. The molecule has 0 saturated heterocycles. The number of carbonyl (C=O) groups excluding carboxylic acids is 1. The van der Waals surface area contributed by atoms with E-state index in [1.54, 1.807) is 0 Å². The van der Waals surface area contributed by atoms with Crippen molar-refractivity contribution in [2.75, 3.05) is 13.2 Å². The van der Waals surface area contributed by atoms with E-state index in [4.69, 9.17) is 15.2 Å². The lowest BCUT2D eigenvalue weighted by Gasteiger charge is -2.22. The zero-order chi connectivity index (χ0) is 12.6. The molecule has 0 saturated carbocycles. The highest BCUT2D eigenvalue weighted by Crippen LogP contribution is 2.08. The second kappa shape index (κ2) is 7.63. The maximum absolute atomic E-state index is 11.5. The Morgan fingerprint density at radius 2 is 1.94 bits per heavy atom. The normalized spacial score (nSPS) is 13.6. The van der Waals surface area contributed by atoms with Crippen LogP contribution in [0.3, 0.4) is 0 Å². The van der Waals surface area contributed by atoms with Crippen molar-refractivity contribution in [3.63, 3.8) is 0 Å². The van der Waals surface area contributed by atoms with Gasteiger partial charge in [-0.2, -0.15) is 0 Å². The summed E-state index contributed by atoms with van der Waals surface area (Å²) in [6.45, 7) is 8.84. The van der Waals surface area contributed by atoms with Gasteiger partial charge in [0.1, 0.15) is 11.6 Å². The second-order valence-corrected chi connectivity index (χ2v) is 4.89. The molecular formula is C12H25NO3. The van der Waals surface area contributed by atoms with Gasteiger partial charge in [0.15, 0.2) is 0 Å². The number of esters is 1. The van der Waals surface area contributed by atoms with Gasteiger partial charge in [-0.1, -0.05) is 13.3 Å². The van der Waals surface area contributed by atoms with E-state index in [1.165, 1.54) is 0 Å². The van der Waals surface area contributed by atoms with E-state index >= 15 is 0 Å². The van der Waals surface area contributed by atoms with Crippen molar-refractivity contribution in [2.24, 2.45) is 5.73 Å². The van der Waals surface area contributed by atoms with E-state index in [9.17, 15) is 4.79 Å². The molecule has 0 aromatic carbocycles. The average Bonchev–Trinajstić information content (AvgIpc) is 2.14. The topological polar surface area (TPSA) is 61.5 Å². The quantitative estimate of drug-likeness (QED) is 0.536. The van der Waals surface area contributed by atoms with Crippen LogP contribution in [0, 0.1) is 0 Å². The van der Waals surface area contributed by atoms with Crippen molar-refractivity contribution in [3.05, 3.63) is 0 Å². The third-order valence-electron chi connectivity index (χ3n) is 1.92. The molecule has 0 aliphatic rings. The fourth-order valence-corrected chi connectivity index (χ4v) is 1.05. The van der Waals surface area contributed by atoms with Gasteiger partial charge in [0.2, 0.25) is 0 Å². The molecule has 0 aliphatic carbocycles. The first-order valence-corrected chi connectivity index (χ1v) is 5.93. The summed E-state index contributed by atoms with van der Waals surface area (Å²) in [5.41, 5.74) is 5.21. The van der Waals surface area contributed by atoms with Crippen LogP contribution in [0.2, 0.25) is 0 Å². The van der Waals surface area contributed by atoms with Crippen molar-refractivity contribution in [1.82, 2.24) is 0 Å². The highest BCUT2D eigenvalue weighted by molar-refractivity contribution is 5.75. The molecule has 0 fully saturated rings. The van der Waals surface area contributed by atoms with E-state index in [2.05, 4.69) is 6.92 Å². The van der Waals surface area contributed by atoms with Crippen molar-refractivity contribution in [3.8, 4) is 0 Å². The van der Waals surface area contributed by atoms with E-state index in [0.29, 0.717) is 13.0 Å². The first kappa shape index (κ1) is 15.4. The predicted molar refractivity (Wildman–Crippen MR) is 64.2 cm³/mol. The van der Waals surface area contributed by atoms with E-state index in [1.807, 2.05) is 20.8 Å². The standard InChI is InChI=1S/C12H25NO3/c1-5-6-8-15-9-7-10(13)11(14)16-12(2,3)4/h10H,5-9,13H2,1-4H3. The van der Waals surface area contributed by atoms with Crippen molar-refractivity contribution in [2.45, 2.75) is 58.6 Å². The Hall–Kier alpha value is -0.610. The monoisotopic (exact) mass is 231 g/mol. The van der Waals surface area contributed by atoms with Crippen LogP contribution in [-0.4, -0.2) is 30.8 Å². The van der Waals surface area contributed by atoms with Gasteiger partial charge in [0.05, 0.1) is 0 Å². The lowest BCUT2D eigenvalue weighted by Crippen LogP contribution is -2.38. The summed E-state index contributed by atoms with van der Waals surface area (Å²) in [5, 5.41) is 0. The molecule has 2 N–H and O–H groups in total. The van der Waals surface area contributed by atoms with Crippen LogP contribution in [0.1, 0.15) is 47.0 Å². The van der Waals surface area contributed by atoms with Gasteiger partial charge in [-0.25, -0.2) is 0 Å². The smallest absolute Gasteiger partial charge is 0.323 e. The maximum atomic E-state index is 11.5. The van der Waals surface area contributed by atoms with Gasteiger partial charge in [-0.3, -0.25) is 4.79 Å². The number of unbranched alkanes of at least 4 members (excludes halogenated alkanes) is 1. The highest BCUT2D eigenvalue weighted by atomic mass is 16.6. The minimum atomic E-state index is -0.583. The summed E-state index contributed by atoms with van der Waals surface area (Å²) in [7, 11) is 0. The molecule has 4 heteroatoms. The third-order valence-corrected chi connectivity index (χ3v) is 1.92. The minimum absolute atomic E-state index is 0.355. The van der Waals surface area contributed by atoms with Crippen molar-refractivity contribution in [1.29, 1.82) is 0 Å². The van der Waals surface area contributed by atoms with E-state index in [0.717, 1.165) is 19.4 Å². The molecule has 4 nitrogen and oxygen atoms in total. The maximum Gasteiger partial charge on any atom is 0.323 e. The Bertz CT molecular complexity index is 199. The second-order valence-electron chi connectivity index (χ2n) is 4.89. The zero-order valence-corrected chi connectivity index (χ0v) is 10.9. The Morgan fingerprint density at radius 1 is 1.31 bits per heavy atom. The molecule has 0 aromatic heterocycles. The van der Waals surface area contributed by atoms with E-state index < -0.39 is 11.6 Å². The molecule has 1 unspecified atom stereocenters. The first-order valence-electron chi connectivity index (χ1n) is 5.93. The Kier molecular flexibility index (Phi) is 7.34. The molecule has 96 valence electrons. The fourth-order valence-electron chi connectivity index (χ4n) is 1.05. The van der Waals surface area contributed by atoms with Gasteiger partial charge in [0.25, 0.3) is 0 Å². The van der Waals surface area contributed by atoms with Crippen molar-refractivity contribution < 1.29 is 14.3 Å². The first-order chi connectivity index (χ1) is 7.37. The highest BCUT2D eigenvalue weighted by Gasteiger charge is 2.21. The molecule has 0 rings (SSSR count). The summed E-state index contributed by atoms with van der Waals surface area (Å²) in [5.74, 6) is -0.355. The van der Waals surface area contributed by atoms with Gasteiger partial charge in [-0.15, -0.1) is 0 Å². The van der Waals surface area contributed by atoms with Crippen LogP contribution in [0.5, 0.6) is 0 Å². The minimum Gasteiger partial charge on any atom is -0.459 e. The van der Waals surface area contributed by atoms with E-state index in [-0.39, 0.29) is 5.97 Å². The summed E-state index contributed by atoms with van der Waals surface area (Å²) in [6, 6.07) is -0.583. The van der Waals surface area contributed by atoms with Crippen LogP contribution < -0.4 is 5.73 Å². The largest absolute Gasteiger partial charge is 0.459 e. The van der Waals surface area contributed by atoms with Crippen LogP contribution in [0.15, 0.2) is 0 Å². The molecule has 0 bridgehead atoms. The molecule has 16 heavy (non-hydrogen) atoms. The van der Waals surface area contributed by atoms with Crippen LogP contribution >= 0.6 is 0 Å². The average molecular weight is 231 g/mol. The molecule has 0 heterocycles. The summed E-state index contributed by atoms with van der Waals surface area (Å²) >= 11 is 0. The van der Waals surface area contributed by atoms with Crippen LogP contribution in [0.25, 0.3) is 0 Å². The molecule has 1 atom stereocenters. The number of ether oxygens (including phenoxy) is 2. The van der Waals surface area contributed by atoms with Gasteiger partial charge < -0.3 is 15.2 Å². The Morgan fingerprint density at radius 3 is 2.44 bits per heavy atom. The molecule has 0 amide bonds. The predicted octanol–water partition coefficient (Wildman–Crippen LogP) is 1.86. The molecular weight excluding hydrogens is 206 g/mol. The molecule has 0 spiro atoms. The number of rotatable bonds is 7. The number of carbonyl (C=O) groups is 1. The molecule has 0 aliphatic heterocycles. The van der Waals surface area contributed by atoms with Crippen molar-refractivity contribution >= 4 is 5.97 Å². The van der Waals surface area contributed by atoms with Gasteiger partial charge in [-0.05, 0) is 33.6 Å². The number of hydrogen-bond acceptors (Lipinski definition) is 4. The van der Waals surface area contributed by atoms with Gasteiger partial charge in [0, 0.05) is 13.2 Å². The zero-order valence-electron chi connectivity index (χ0n) is 10.9. The Balaban J connectivity index is 3.64. The number of nitrogens with two attached hydrogens (primary N) is 1. The summed E-state index contributed by atoms with van der Waals surface area (Å²) in [6.07, 6.45) is 2.67.